The Balaban J connectivity index is 1.72. The molecule has 0 aliphatic carbocycles. The topological polar surface area (TPSA) is 84.7 Å². The average Bonchev–Trinajstić information content (AvgIpc) is 2.94. The number of likely N-dealkylation sites (N-methyl/N-ethyl adjacent to an activating group) is 1. The van der Waals surface area contributed by atoms with E-state index in [0.29, 0.717) is 41.0 Å². The number of nitrogens with zero attached hydrogens (tertiary/aromatic N) is 4. The normalized spacial score (nSPS) is 17.0. The lowest BCUT2D eigenvalue weighted by Gasteiger charge is -2.33. The van der Waals surface area contributed by atoms with Crippen LogP contribution in [0.25, 0.3) is 10.9 Å². The predicted octanol–water partition coefficient (Wildman–Crippen LogP) is 4.47. The Bertz CT molecular complexity index is 1600. The van der Waals surface area contributed by atoms with Gasteiger partial charge in [-0.15, -0.1) is 0 Å². The number of rotatable bonds is 4. The van der Waals surface area contributed by atoms with Crippen LogP contribution >= 0.6 is 11.6 Å². The molecule has 1 saturated heterocycles. The van der Waals surface area contributed by atoms with E-state index in [0.717, 1.165) is 11.1 Å². The van der Waals surface area contributed by atoms with Crippen LogP contribution in [0.5, 0.6) is 0 Å². The first-order valence-electron chi connectivity index (χ1n) is 13.3. The molecule has 40 heavy (non-hydrogen) atoms. The molecule has 1 fully saturated rings. The van der Waals surface area contributed by atoms with Crippen molar-refractivity contribution in [3.63, 3.8) is 0 Å². The highest BCUT2D eigenvalue weighted by atomic mass is 35.5. The van der Waals surface area contributed by atoms with Crippen molar-refractivity contribution < 1.29 is 14.3 Å². The summed E-state index contributed by atoms with van der Waals surface area (Å²) in [5, 5.41) is 0.783. The summed E-state index contributed by atoms with van der Waals surface area (Å²) in [6.45, 7) is 3.76. The van der Waals surface area contributed by atoms with Gasteiger partial charge in [-0.25, -0.2) is 9.78 Å². The highest BCUT2D eigenvalue weighted by molar-refractivity contribution is 6.31. The average molecular weight is 559 g/mol. The van der Waals surface area contributed by atoms with Gasteiger partial charge in [0, 0.05) is 23.7 Å². The van der Waals surface area contributed by atoms with Gasteiger partial charge in [-0.3, -0.25) is 14.2 Å². The van der Waals surface area contributed by atoms with Crippen molar-refractivity contribution in [2.45, 2.75) is 25.9 Å². The molecule has 1 amide bonds. The van der Waals surface area contributed by atoms with Crippen LogP contribution in [0.3, 0.4) is 0 Å². The smallest absolute Gasteiger partial charge is 0.336 e. The number of aryl methyl sites for hydroxylation is 1. The lowest BCUT2D eigenvalue weighted by molar-refractivity contribution is -0.150. The Morgan fingerprint density at radius 2 is 1.80 bits per heavy atom. The van der Waals surface area contributed by atoms with Crippen LogP contribution < -0.4 is 5.56 Å². The lowest BCUT2D eigenvalue weighted by Crippen LogP contribution is -2.45. The summed E-state index contributed by atoms with van der Waals surface area (Å²) in [7, 11) is 1.95. The van der Waals surface area contributed by atoms with Gasteiger partial charge in [0.25, 0.3) is 11.5 Å². The van der Waals surface area contributed by atoms with Crippen molar-refractivity contribution in [3.05, 3.63) is 111 Å². The Kier molecular flexibility index (Phi) is 8.28. The number of aromatic nitrogens is 2. The number of carbonyl (C=O) groups is 2. The summed E-state index contributed by atoms with van der Waals surface area (Å²) in [5.41, 5.74) is 2.25. The van der Waals surface area contributed by atoms with Gasteiger partial charge in [-0.2, -0.15) is 0 Å². The van der Waals surface area contributed by atoms with Crippen LogP contribution in [0, 0.1) is 6.92 Å². The standard InChI is InChI=1S/C31H31ClN4O4/c1-21-8-6-11-23(18-21)29(37)35-15-7-14-34(2)16-17-40-31(39)27(35)28-33-26-19-24(32)12-13-25(26)30(38)36(28)20-22-9-4-3-5-10-22/h3-6,8-13,18-19,27H,7,14-17,20H2,1-2H3. The predicted molar refractivity (Wildman–Crippen MR) is 155 cm³/mol. The van der Waals surface area contributed by atoms with E-state index < -0.39 is 12.0 Å². The number of benzene rings is 3. The number of fused-ring (bicyclic) bond motifs is 1. The summed E-state index contributed by atoms with van der Waals surface area (Å²) in [5.74, 6) is -0.824. The number of hydrogen-bond donors (Lipinski definition) is 0. The Hall–Kier alpha value is -4.01. The zero-order valence-electron chi connectivity index (χ0n) is 22.5. The molecule has 4 aromatic rings. The molecule has 0 radical (unpaired) electrons. The van der Waals surface area contributed by atoms with Crippen LogP contribution in [-0.2, 0) is 16.1 Å². The Morgan fingerprint density at radius 1 is 1.00 bits per heavy atom. The number of amides is 1. The molecule has 9 heteroatoms. The van der Waals surface area contributed by atoms with Crippen molar-refractivity contribution in [3.8, 4) is 0 Å². The van der Waals surface area contributed by atoms with Crippen LogP contribution in [0.4, 0.5) is 0 Å². The molecular weight excluding hydrogens is 528 g/mol. The minimum absolute atomic E-state index is 0.142. The summed E-state index contributed by atoms with van der Waals surface area (Å²) in [4.78, 5) is 50.2. The first-order valence-corrected chi connectivity index (χ1v) is 13.7. The van der Waals surface area contributed by atoms with Gasteiger partial charge in [0.1, 0.15) is 12.4 Å². The molecule has 1 aliphatic heterocycles. The minimum atomic E-state index is -1.24. The molecular formula is C31H31ClN4O4. The number of halogens is 1. The Labute approximate surface area is 237 Å². The third-order valence-electron chi connectivity index (χ3n) is 7.09. The van der Waals surface area contributed by atoms with E-state index in [9.17, 15) is 14.4 Å². The van der Waals surface area contributed by atoms with Crippen LogP contribution in [0.1, 0.15) is 39.8 Å². The van der Waals surface area contributed by atoms with Gasteiger partial charge in [-0.05, 0) is 62.8 Å². The maximum absolute atomic E-state index is 14.1. The van der Waals surface area contributed by atoms with Crippen LogP contribution in [0.15, 0.2) is 77.6 Å². The number of esters is 1. The fourth-order valence-corrected chi connectivity index (χ4v) is 5.17. The highest BCUT2D eigenvalue weighted by Gasteiger charge is 2.37. The summed E-state index contributed by atoms with van der Waals surface area (Å²) < 4.78 is 7.20. The molecule has 206 valence electrons. The molecule has 1 unspecified atom stereocenters. The van der Waals surface area contributed by atoms with E-state index in [1.807, 2.05) is 56.4 Å². The van der Waals surface area contributed by atoms with Gasteiger partial charge < -0.3 is 14.5 Å². The fraction of sp³-hybridized carbons (Fsp3) is 0.290. The lowest BCUT2D eigenvalue weighted by atomic mass is 10.1. The summed E-state index contributed by atoms with van der Waals surface area (Å²) in [6, 6.07) is 20.3. The van der Waals surface area contributed by atoms with Crippen molar-refractivity contribution in [1.29, 1.82) is 0 Å². The fourth-order valence-electron chi connectivity index (χ4n) is 5.01. The van der Waals surface area contributed by atoms with Crippen LogP contribution in [0.2, 0.25) is 5.02 Å². The maximum Gasteiger partial charge on any atom is 0.336 e. The molecule has 0 saturated carbocycles. The number of cyclic esters (lactones) is 1. The van der Waals surface area contributed by atoms with Crippen molar-refractivity contribution in [2.75, 3.05) is 33.3 Å². The third kappa shape index (κ3) is 5.93. The van der Waals surface area contributed by atoms with E-state index >= 15 is 0 Å². The van der Waals surface area contributed by atoms with Gasteiger partial charge in [0.05, 0.1) is 17.4 Å². The maximum atomic E-state index is 14.1. The van der Waals surface area contributed by atoms with Gasteiger partial charge in [0.2, 0.25) is 0 Å². The third-order valence-corrected chi connectivity index (χ3v) is 7.33. The van der Waals surface area contributed by atoms with E-state index in [1.54, 1.807) is 30.3 Å². The van der Waals surface area contributed by atoms with Crippen molar-refractivity contribution in [2.24, 2.45) is 0 Å². The highest BCUT2D eigenvalue weighted by Crippen LogP contribution is 2.27. The van der Waals surface area contributed by atoms with E-state index in [-0.39, 0.29) is 37.0 Å². The second-order valence-electron chi connectivity index (χ2n) is 10.1. The molecule has 8 nitrogen and oxygen atoms in total. The molecule has 5 rings (SSSR count). The second-order valence-corrected chi connectivity index (χ2v) is 10.5. The van der Waals surface area contributed by atoms with Crippen LogP contribution in [-0.4, -0.2) is 64.5 Å². The quantitative estimate of drug-likeness (QED) is 0.344. The monoisotopic (exact) mass is 558 g/mol. The summed E-state index contributed by atoms with van der Waals surface area (Å²) in [6.07, 6.45) is 0.625. The SMILES string of the molecule is Cc1cccc(C(=O)N2CCCN(C)CCOC(=O)C2c2nc3cc(Cl)ccc3c(=O)n2Cc2ccccc2)c1. The second kappa shape index (κ2) is 12.0. The first-order chi connectivity index (χ1) is 19.3. The van der Waals surface area contributed by atoms with Crippen molar-refractivity contribution >= 4 is 34.4 Å². The summed E-state index contributed by atoms with van der Waals surface area (Å²) >= 11 is 6.27. The molecule has 0 spiro atoms. The number of ether oxygens (including phenoxy) is 1. The molecule has 2 heterocycles. The Morgan fingerprint density at radius 3 is 2.58 bits per heavy atom. The van der Waals surface area contributed by atoms with E-state index in [1.165, 1.54) is 9.47 Å². The van der Waals surface area contributed by atoms with Gasteiger partial charge in [-0.1, -0.05) is 59.6 Å². The molecule has 1 aromatic heterocycles. The van der Waals surface area contributed by atoms with E-state index in [2.05, 4.69) is 4.90 Å². The molecule has 0 N–H and O–H groups in total. The first kappa shape index (κ1) is 27.6. The zero-order valence-corrected chi connectivity index (χ0v) is 23.3. The van der Waals surface area contributed by atoms with Crippen molar-refractivity contribution in [1.82, 2.24) is 19.4 Å². The van der Waals surface area contributed by atoms with Gasteiger partial charge in [0.15, 0.2) is 6.04 Å². The number of hydrogen-bond acceptors (Lipinski definition) is 6. The molecule has 1 atom stereocenters. The molecule has 0 bridgehead atoms. The minimum Gasteiger partial charge on any atom is -0.462 e. The van der Waals surface area contributed by atoms with Gasteiger partial charge >= 0.3 is 5.97 Å². The molecule has 3 aromatic carbocycles. The number of carbonyl (C=O) groups excluding carboxylic acids is 2. The molecule has 1 aliphatic rings. The largest absolute Gasteiger partial charge is 0.462 e. The zero-order chi connectivity index (χ0) is 28.2. The van der Waals surface area contributed by atoms with E-state index in [4.69, 9.17) is 21.3 Å².